The number of hydrogen-bond acceptors (Lipinski definition) is 5. The molecular weight excluding hydrogens is 394 g/mol. The van der Waals surface area contributed by atoms with Gasteiger partial charge in [0.15, 0.2) is 6.10 Å². The van der Waals surface area contributed by atoms with Gasteiger partial charge in [-0.05, 0) is 56.2 Å². The van der Waals surface area contributed by atoms with E-state index in [1.807, 2.05) is 12.1 Å². The second-order valence-electron chi connectivity index (χ2n) is 7.33. The summed E-state index contributed by atoms with van der Waals surface area (Å²) in [4.78, 5) is 40.7. The highest BCUT2D eigenvalue weighted by Gasteiger charge is 2.26. The van der Waals surface area contributed by atoms with Gasteiger partial charge in [-0.3, -0.25) is 9.59 Å². The molecule has 2 amide bonds. The van der Waals surface area contributed by atoms with E-state index in [0.717, 1.165) is 18.5 Å². The molecule has 0 bridgehead atoms. The average Bonchev–Trinajstić information content (AvgIpc) is 2.80. The van der Waals surface area contributed by atoms with Crippen molar-refractivity contribution in [1.82, 2.24) is 0 Å². The summed E-state index contributed by atoms with van der Waals surface area (Å²) < 4.78 is 5.39. The van der Waals surface area contributed by atoms with Crippen molar-refractivity contribution >= 4 is 29.2 Å². The molecule has 1 atom stereocenters. The van der Waals surface area contributed by atoms with Crippen LogP contribution in [0.5, 0.6) is 0 Å². The molecule has 7 nitrogen and oxygen atoms in total. The van der Waals surface area contributed by atoms with E-state index in [9.17, 15) is 14.4 Å². The fourth-order valence-electron chi connectivity index (χ4n) is 3.49. The monoisotopic (exact) mass is 419 g/mol. The summed E-state index contributed by atoms with van der Waals surface area (Å²) in [6.45, 7) is 2.40. The van der Waals surface area contributed by atoms with Crippen LogP contribution in [0.4, 0.5) is 11.4 Å². The number of nitriles is 1. The number of piperidine rings is 1. The third-order valence-corrected chi connectivity index (χ3v) is 5.15. The largest absolute Gasteiger partial charge is 0.449 e. The predicted octanol–water partition coefficient (Wildman–Crippen LogP) is 3.70. The van der Waals surface area contributed by atoms with Crippen molar-refractivity contribution in [2.75, 3.05) is 22.9 Å². The van der Waals surface area contributed by atoms with E-state index in [0.29, 0.717) is 24.2 Å². The molecule has 0 aliphatic carbocycles. The maximum atomic E-state index is 12.9. The number of anilines is 2. The first-order chi connectivity index (χ1) is 15.0. The quantitative estimate of drug-likeness (QED) is 0.638. The third kappa shape index (κ3) is 5.48. The molecular formula is C24H25N3O4. The zero-order valence-electron chi connectivity index (χ0n) is 17.5. The Morgan fingerprint density at radius 2 is 1.84 bits per heavy atom. The zero-order chi connectivity index (χ0) is 22.2. The molecule has 2 aromatic rings. The topological polar surface area (TPSA) is 90.7 Å². The van der Waals surface area contributed by atoms with Crippen molar-refractivity contribution in [3.63, 3.8) is 0 Å². The fraction of sp³-hybridized carbons (Fsp3) is 0.333. The molecule has 1 unspecified atom stereocenters. The zero-order valence-corrected chi connectivity index (χ0v) is 17.5. The first-order valence-corrected chi connectivity index (χ1v) is 10.4. The Hall–Kier alpha value is -3.66. The van der Waals surface area contributed by atoms with E-state index in [-0.39, 0.29) is 18.9 Å². The minimum atomic E-state index is -1.02. The van der Waals surface area contributed by atoms with Crippen LogP contribution in [-0.2, 0) is 14.3 Å². The maximum absolute atomic E-state index is 12.9. The van der Waals surface area contributed by atoms with Gasteiger partial charge in [-0.1, -0.05) is 18.2 Å². The molecule has 2 aromatic carbocycles. The number of amides is 2. The lowest BCUT2D eigenvalue weighted by Crippen LogP contribution is -2.40. The molecule has 0 aromatic heterocycles. The first kappa shape index (κ1) is 22.0. The lowest BCUT2D eigenvalue weighted by molar-refractivity contribution is -0.126. The molecule has 3 rings (SSSR count). The van der Waals surface area contributed by atoms with Gasteiger partial charge in [0.2, 0.25) is 5.91 Å². The molecule has 1 saturated heterocycles. The molecule has 1 aliphatic rings. The van der Waals surface area contributed by atoms with Crippen LogP contribution in [0.3, 0.4) is 0 Å². The SMILES string of the molecule is CC(OC(=O)c1ccc(N2CCCCC2=O)cc1)C(=O)N(CCC#N)c1ccccc1. The van der Waals surface area contributed by atoms with Crippen molar-refractivity contribution in [3.05, 3.63) is 60.2 Å². The number of ether oxygens (including phenoxy) is 1. The van der Waals surface area contributed by atoms with Crippen molar-refractivity contribution < 1.29 is 19.1 Å². The Balaban J connectivity index is 1.66. The van der Waals surface area contributed by atoms with Crippen LogP contribution in [0.25, 0.3) is 0 Å². The summed E-state index contributed by atoms with van der Waals surface area (Å²) in [5, 5.41) is 8.91. The second kappa shape index (κ2) is 10.4. The average molecular weight is 419 g/mol. The summed E-state index contributed by atoms with van der Waals surface area (Å²) in [5.74, 6) is -0.935. The summed E-state index contributed by atoms with van der Waals surface area (Å²) in [6, 6.07) is 17.6. The molecule has 0 saturated carbocycles. The van der Waals surface area contributed by atoms with E-state index in [1.165, 1.54) is 11.8 Å². The number of rotatable bonds is 7. The van der Waals surface area contributed by atoms with Gasteiger partial charge >= 0.3 is 5.97 Å². The molecule has 160 valence electrons. The number of nitrogens with zero attached hydrogens (tertiary/aromatic N) is 3. The Labute approximate surface area is 181 Å². The molecule has 0 N–H and O–H groups in total. The van der Waals surface area contributed by atoms with E-state index in [4.69, 9.17) is 10.00 Å². The van der Waals surface area contributed by atoms with Crippen LogP contribution in [0.1, 0.15) is 43.0 Å². The number of benzene rings is 2. The first-order valence-electron chi connectivity index (χ1n) is 10.4. The second-order valence-corrected chi connectivity index (χ2v) is 7.33. The van der Waals surface area contributed by atoms with E-state index in [1.54, 1.807) is 53.4 Å². The molecule has 7 heteroatoms. The van der Waals surface area contributed by atoms with Gasteiger partial charge < -0.3 is 14.5 Å². The standard InChI is InChI=1S/C24H25N3O4/c1-18(23(29)27(17-7-15-25)20-8-3-2-4-9-20)31-24(30)19-11-13-21(14-12-19)26-16-6-5-10-22(26)28/h2-4,8-9,11-14,18H,5-7,10,16-17H2,1H3. The van der Waals surface area contributed by atoms with Crippen LogP contribution < -0.4 is 9.80 Å². The van der Waals surface area contributed by atoms with Gasteiger partial charge in [0.1, 0.15) is 0 Å². The summed E-state index contributed by atoms with van der Waals surface area (Å²) >= 11 is 0. The molecule has 1 heterocycles. The summed E-state index contributed by atoms with van der Waals surface area (Å²) in [7, 11) is 0. The minimum absolute atomic E-state index is 0.0826. The van der Waals surface area contributed by atoms with Crippen LogP contribution in [0, 0.1) is 11.3 Å². The Bertz CT molecular complexity index is 967. The molecule has 0 spiro atoms. The lowest BCUT2D eigenvalue weighted by Gasteiger charge is -2.27. The number of carbonyl (C=O) groups is 3. The van der Waals surface area contributed by atoms with Crippen LogP contribution >= 0.6 is 0 Å². The third-order valence-electron chi connectivity index (χ3n) is 5.15. The van der Waals surface area contributed by atoms with Gasteiger partial charge in [0, 0.05) is 30.9 Å². The molecule has 1 aliphatic heterocycles. The smallest absolute Gasteiger partial charge is 0.338 e. The van der Waals surface area contributed by atoms with Crippen molar-refractivity contribution in [1.29, 1.82) is 5.26 Å². The highest BCUT2D eigenvalue weighted by atomic mass is 16.5. The van der Waals surface area contributed by atoms with E-state index >= 15 is 0 Å². The minimum Gasteiger partial charge on any atom is -0.449 e. The van der Waals surface area contributed by atoms with Crippen molar-refractivity contribution in [2.45, 2.75) is 38.7 Å². The van der Waals surface area contributed by atoms with Crippen LogP contribution in [0.2, 0.25) is 0 Å². The number of carbonyl (C=O) groups excluding carboxylic acids is 3. The van der Waals surface area contributed by atoms with Gasteiger partial charge in [0.05, 0.1) is 18.1 Å². The van der Waals surface area contributed by atoms with Gasteiger partial charge in [0.25, 0.3) is 5.91 Å². The molecule has 1 fully saturated rings. The van der Waals surface area contributed by atoms with Crippen molar-refractivity contribution in [3.8, 4) is 6.07 Å². The van der Waals surface area contributed by atoms with Crippen molar-refractivity contribution in [2.24, 2.45) is 0 Å². The van der Waals surface area contributed by atoms with E-state index in [2.05, 4.69) is 0 Å². The Morgan fingerprint density at radius 3 is 2.48 bits per heavy atom. The maximum Gasteiger partial charge on any atom is 0.338 e. The summed E-state index contributed by atoms with van der Waals surface area (Å²) in [6.07, 6.45) is 1.54. The molecule has 0 radical (unpaired) electrons. The van der Waals surface area contributed by atoms with Crippen LogP contribution in [0.15, 0.2) is 54.6 Å². The lowest BCUT2D eigenvalue weighted by atomic mass is 10.1. The number of hydrogen-bond donors (Lipinski definition) is 0. The molecule has 31 heavy (non-hydrogen) atoms. The Morgan fingerprint density at radius 1 is 1.13 bits per heavy atom. The van der Waals surface area contributed by atoms with Crippen LogP contribution in [-0.4, -0.2) is 37.0 Å². The highest BCUT2D eigenvalue weighted by Crippen LogP contribution is 2.22. The van der Waals surface area contributed by atoms with E-state index < -0.39 is 18.0 Å². The predicted molar refractivity (Wildman–Crippen MR) is 117 cm³/mol. The van der Waals surface area contributed by atoms with Gasteiger partial charge in [-0.25, -0.2) is 4.79 Å². The fourth-order valence-corrected chi connectivity index (χ4v) is 3.49. The Kier molecular flexibility index (Phi) is 7.39. The summed E-state index contributed by atoms with van der Waals surface area (Å²) in [5.41, 5.74) is 1.69. The highest BCUT2D eigenvalue weighted by molar-refractivity contribution is 5.99. The van der Waals surface area contributed by atoms with Gasteiger partial charge in [-0.15, -0.1) is 0 Å². The number of esters is 1. The normalized spacial score (nSPS) is 14.5. The number of para-hydroxylation sites is 1. The van der Waals surface area contributed by atoms with Gasteiger partial charge in [-0.2, -0.15) is 5.26 Å².